The van der Waals surface area contributed by atoms with E-state index in [9.17, 15) is 0 Å². The van der Waals surface area contributed by atoms with Crippen molar-refractivity contribution < 1.29 is 4.74 Å². The summed E-state index contributed by atoms with van der Waals surface area (Å²) in [4.78, 5) is 0. The molecule has 0 saturated carbocycles. The SMILES string of the molecule is CCn1nccc1C(C)NCc1cccc(OCC(C)C)c1. The predicted molar refractivity (Wildman–Crippen MR) is 89.9 cm³/mol. The molecule has 1 atom stereocenters. The Balaban J connectivity index is 1.92. The molecular formula is C18H27N3O. The second-order valence-corrected chi connectivity index (χ2v) is 6.03. The summed E-state index contributed by atoms with van der Waals surface area (Å²) < 4.78 is 7.81. The van der Waals surface area contributed by atoms with Crippen LogP contribution in [0, 0.1) is 5.92 Å². The molecule has 1 heterocycles. The quantitative estimate of drug-likeness (QED) is 0.806. The molecule has 22 heavy (non-hydrogen) atoms. The highest BCUT2D eigenvalue weighted by atomic mass is 16.5. The van der Waals surface area contributed by atoms with E-state index in [2.05, 4.69) is 56.3 Å². The lowest BCUT2D eigenvalue weighted by Crippen LogP contribution is -2.21. The first-order valence-corrected chi connectivity index (χ1v) is 8.07. The first-order chi connectivity index (χ1) is 10.6. The molecule has 4 heteroatoms. The fourth-order valence-corrected chi connectivity index (χ4v) is 2.36. The molecule has 0 amide bonds. The molecule has 0 saturated heterocycles. The smallest absolute Gasteiger partial charge is 0.119 e. The molecule has 120 valence electrons. The molecule has 0 radical (unpaired) electrons. The Hall–Kier alpha value is -1.81. The van der Waals surface area contributed by atoms with Crippen LogP contribution in [0.2, 0.25) is 0 Å². The summed E-state index contributed by atoms with van der Waals surface area (Å²) in [6.07, 6.45) is 1.86. The minimum absolute atomic E-state index is 0.266. The van der Waals surface area contributed by atoms with Crippen molar-refractivity contribution in [3.05, 3.63) is 47.8 Å². The van der Waals surface area contributed by atoms with Crippen LogP contribution in [0.25, 0.3) is 0 Å². The second kappa shape index (κ2) is 7.99. The number of aryl methyl sites for hydroxylation is 1. The van der Waals surface area contributed by atoms with E-state index in [-0.39, 0.29) is 6.04 Å². The van der Waals surface area contributed by atoms with Gasteiger partial charge in [0.25, 0.3) is 0 Å². The zero-order valence-electron chi connectivity index (χ0n) is 14.0. The minimum Gasteiger partial charge on any atom is -0.493 e. The van der Waals surface area contributed by atoms with Gasteiger partial charge in [0.05, 0.1) is 12.3 Å². The maximum atomic E-state index is 5.78. The molecule has 4 nitrogen and oxygen atoms in total. The molecule has 0 aliphatic heterocycles. The molecule has 2 aromatic rings. The summed E-state index contributed by atoms with van der Waals surface area (Å²) in [5, 5.41) is 7.87. The molecule has 1 N–H and O–H groups in total. The van der Waals surface area contributed by atoms with E-state index in [0.29, 0.717) is 5.92 Å². The largest absolute Gasteiger partial charge is 0.493 e. The van der Waals surface area contributed by atoms with Gasteiger partial charge < -0.3 is 10.1 Å². The van der Waals surface area contributed by atoms with Gasteiger partial charge in [-0.2, -0.15) is 5.10 Å². The van der Waals surface area contributed by atoms with Crippen LogP contribution >= 0.6 is 0 Å². The van der Waals surface area contributed by atoms with E-state index in [4.69, 9.17) is 4.74 Å². The van der Waals surface area contributed by atoms with Gasteiger partial charge in [-0.3, -0.25) is 4.68 Å². The number of hydrogen-bond donors (Lipinski definition) is 1. The third-order valence-corrected chi connectivity index (χ3v) is 3.59. The highest BCUT2D eigenvalue weighted by Gasteiger charge is 2.10. The first kappa shape index (κ1) is 16.6. The van der Waals surface area contributed by atoms with Crippen LogP contribution in [-0.4, -0.2) is 16.4 Å². The molecule has 1 unspecified atom stereocenters. The Morgan fingerprint density at radius 3 is 2.77 bits per heavy atom. The average Bonchev–Trinajstić information content (AvgIpc) is 2.99. The van der Waals surface area contributed by atoms with Crippen LogP contribution in [0.5, 0.6) is 5.75 Å². The van der Waals surface area contributed by atoms with Gasteiger partial charge in [-0.15, -0.1) is 0 Å². The third kappa shape index (κ3) is 4.60. The molecule has 0 aliphatic rings. The number of benzene rings is 1. The fourth-order valence-electron chi connectivity index (χ4n) is 2.36. The van der Waals surface area contributed by atoms with Gasteiger partial charge in [0.15, 0.2) is 0 Å². The Kier molecular flexibility index (Phi) is 6.01. The summed E-state index contributed by atoms with van der Waals surface area (Å²) in [5.74, 6) is 1.48. The summed E-state index contributed by atoms with van der Waals surface area (Å²) in [5.41, 5.74) is 2.45. The Labute approximate surface area is 133 Å². The van der Waals surface area contributed by atoms with Gasteiger partial charge in [0.2, 0.25) is 0 Å². The highest BCUT2D eigenvalue weighted by Crippen LogP contribution is 2.16. The van der Waals surface area contributed by atoms with Crippen molar-refractivity contribution in [2.24, 2.45) is 5.92 Å². The maximum absolute atomic E-state index is 5.78. The van der Waals surface area contributed by atoms with Gasteiger partial charge in [-0.1, -0.05) is 26.0 Å². The standard InChI is InChI=1S/C18H27N3O/c1-5-21-18(9-10-20-21)15(4)19-12-16-7-6-8-17(11-16)22-13-14(2)3/h6-11,14-15,19H,5,12-13H2,1-4H3. The number of ether oxygens (including phenoxy) is 1. The molecule has 1 aromatic heterocycles. The van der Waals surface area contributed by atoms with E-state index in [1.165, 1.54) is 11.3 Å². The van der Waals surface area contributed by atoms with Crippen molar-refractivity contribution in [1.29, 1.82) is 0 Å². The topological polar surface area (TPSA) is 39.1 Å². The van der Waals surface area contributed by atoms with Gasteiger partial charge >= 0.3 is 0 Å². The predicted octanol–water partition coefficient (Wildman–Crippen LogP) is 3.79. The van der Waals surface area contributed by atoms with Crippen LogP contribution in [0.3, 0.4) is 0 Å². The average molecular weight is 301 g/mol. The summed E-state index contributed by atoms with van der Waals surface area (Å²) >= 11 is 0. The molecule has 0 spiro atoms. The minimum atomic E-state index is 0.266. The van der Waals surface area contributed by atoms with Gasteiger partial charge in [0, 0.05) is 25.3 Å². The number of nitrogens with one attached hydrogen (secondary N) is 1. The van der Waals surface area contributed by atoms with E-state index in [1.54, 1.807) is 0 Å². The second-order valence-electron chi connectivity index (χ2n) is 6.03. The molecule has 0 bridgehead atoms. The van der Waals surface area contributed by atoms with E-state index >= 15 is 0 Å². The van der Waals surface area contributed by atoms with Crippen LogP contribution < -0.4 is 10.1 Å². The van der Waals surface area contributed by atoms with E-state index in [0.717, 1.165) is 25.4 Å². The third-order valence-electron chi connectivity index (χ3n) is 3.59. The lowest BCUT2D eigenvalue weighted by atomic mass is 10.1. The summed E-state index contributed by atoms with van der Waals surface area (Å²) in [6, 6.07) is 10.6. The van der Waals surface area contributed by atoms with Crippen molar-refractivity contribution in [3.8, 4) is 5.75 Å². The molecule has 0 aliphatic carbocycles. The zero-order valence-corrected chi connectivity index (χ0v) is 14.0. The van der Waals surface area contributed by atoms with Crippen LogP contribution in [0.4, 0.5) is 0 Å². The Morgan fingerprint density at radius 2 is 2.05 bits per heavy atom. The van der Waals surface area contributed by atoms with Crippen molar-refractivity contribution in [1.82, 2.24) is 15.1 Å². The number of rotatable bonds is 8. The molecule has 2 rings (SSSR count). The first-order valence-electron chi connectivity index (χ1n) is 8.07. The van der Waals surface area contributed by atoms with Crippen LogP contribution in [0.15, 0.2) is 36.5 Å². The Morgan fingerprint density at radius 1 is 1.23 bits per heavy atom. The van der Waals surface area contributed by atoms with Crippen molar-refractivity contribution >= 4 is 0 Å². The molecular weight excluding hydrogens is 274 g/mol. The highest BCUT2D eigenvalue weighted by molar-refractivity contribution is 5.28. The fraction of sp³-hybridized carbons (Fsp3) is 0.500. The lowest BCUT2D eigenvalue weighted by Gasteiger charge is -2.16. The molecule has 1 aromatic carbocycles. The zero-order chi connectivity index (χ0) is 15.9. The van der Waals surface area contributed by atoms with E-state index in [1.807, 2.05) is 23.0 Å². The molecule has 0 fully saturated rings. The van der Waals surface area contributed by atoms with Gasteiger partial charge in [0.1, 0.15) is 5.75 Å². The Bertz CT molecular complexity index is 577. The van der Waals surface area contributed by atoms with Crippen LogP contribution in [0.1, 0.15) is 45.0 Å². The van der Waals surface area contributed by atoms with Crippen LogP contribution in [-0.2, 0) is 13.1 Å². The lowest BCUT2D eigenvalue weighted by molar-refractivity contribution is 0.271. The van der Waals surface area contributed by atoms with Crippen molar-refractivity contribution in [3.63, 3.8) is 0 Å². The summed E-state index contributed by atoms with van der Waals surface area (Å²) in [6.45, 7) is 11.1. The normalized spacial score (nSPS) is 12.6. The van der Waals surface area contributed by atoms with Crippen molar-refractivity contribution in [2.75, 3.05) is 6.61 Å². The number of aromatic nitrogens is 2. The maximum Gasteiger partial charge on any atom is 0.119 e. The van der Waals surface area contributed by atoms with Gasteiger partial charge in [-0.25, -0.2) is 0 Å². The van der Waals surface area contributed by atoms with E-state index < -0.39 is 0 Å². The monoisotopic (exact) mass is 301 g/mol. The van der Waals surface area contributed by atoms with Crippen molar-refractivity contribution in [2.45, 2.75) is 46.8 Å². The van der Waals surface area contributed by atoms with Gasteiger partial charge in [-0.05, 0) is 43.5 Å². The number of nitrogens with zero attached hydrogens (tertiary/aromatic N) is 2. The summed E-state index contributed by atoms with van der Waals surface area (Å²) in [7, 11) is 0. The number of hydrogen-bond acceptors (Lipinski definition) is 3.